The van der Waals surface area contributed by atoms with Gasteiger partial charge in [-0.25, -0.2) is 4.39 Å². The quantitative estimate of drug-likeness (QED) is 0.414. The molecule has 0 bridgehead atoms. The second-order valence-corrected chi connectivity index (χ2v) is 4.87. The van der Waals surface area contributed by atoms with Gasteiger partial charge in [-0.05, 0) is 18.8 Å². The van der Waals surface area contributed by atoms with Crippen LogP contribution in [0.2, 0.25) is 0 Å². The molecular formula is C13H20FNO3. The van der Waals surface area contributed by atoms with E-state index in [4.69, 9.17) is 9.47 Å². The van der Waals surface area contributed by atoms with Crippen LogP contribution in [0, 0.1) is 5.92 Å². The number of carbonyl (C=O) groups excluding carboxylic acids is 1. The standard InChI is InChI=1S/C13H20FNO3/c1-3-5-11(14)18-13(16)10-6-9(4-2)7-15(10)12-8-17-12/h4,9-12H,2-3,5-8H2,1H3/t9-,10-,11?,12?/m1/s1. The van der Waals surface area contributed by atoms with Crippen molar-refractivity contribution in [3.8, 4) is 0 Å². The summed E-state index contributed by atoms with van der Waals surface area (Å²) in [6.07, 6.45) is 1.89. The van der Waals surface area contributed by atoms with Crippen LogP contribution in [0.3, 0.4) is 0 Å². The summed E-state index contributed by atoms with van der Waals surface area (Å²) in [5, 5.41) is 0. The number of nitrogens with zero attached hydrogens (tertiary/aromatic N) is 1. The van der Waals surface area contributed by atoms with E-state index in [2.05, 4.69) is 6.58 Å². The van der Waals surface area contributed by atoms with Crippen LogP contribution < -0.4 is 0 Å². The molecule has 2 unspecified atom stereocenters. The summed E-state index contributed by atoms with van der Waals surface area (Å²) in [5.41, 5.74) is 0. The van der Waals surface area contributed by atoms with Crippen LogP contribution in [0.1, 0.15) is 26.2 Å². The Morgan fingerprint density at radius 3 is 3.00 bits per heavy atom. The minimum Gasteiger partial charge on any atom is -0.430 e. The normalized spacial score (nSPS) is 33.1. The molecule has 0 radical (unpaired) electrons. The molecule has 18 heavy (non-hydrogen) atoms. The van der Waals surface area contributed by atoms with E-state index in [1.807, 2.05) is 17.9 Å². The Hall–Kier alpha value is -0.940. The SMILES string of the molecule is C=C[C@@H]1C[C@H](C(=O)OC(F)CCC)N(C2CO2)C1. The summed E-state index contributed by atoms with van der Waals surface area (Å²) >= 11 is 0. The first kappa shape index (κ1) is 13.5. The molecule has 0 aromatic rings. The van der Waals surface area contributed by atoms with Gasteiger partial charge < -0.3 is 9.47 Å². The lowest BCUT2D eigenvalue weighted by Crippen LogP contribution is -2.40. The van der Waals surface area contributed by atoms with Crippen LogP contribution in [0.25, 0.3) is 0 Å². The summed E-state index contributed by atoms with van der Waals surface area (Å²) in [6.45, 7) is 6.98. The maximum Gasteiger partial charge on any atom is 0.325 e. The van der Waals surface area contributed by atoms with Crippen LogP contribution in [-0.2, 0) is 14.3 Å². The number of esters is 1. The number of epoxide rings is 1. The van der Waals surface area contributed by atoms with Crippen molar-refractivity contribution in [3.63, 3.8) is 0 Å². The number of likely N-dealkylation sites (tertiary alicyclic amines) is 1. The van der Waals surface area contributed by atoms with Crippen molar-refractivity contribution in [1.82, 2.24) is 4.90 Å². The maximum absolute atomic E-state index is 13.3. The molecule has 0 spiro atoms. The van der Waals surface area contributed by atoms with Crippen molar-refractivity contribution in [2.45, 2.75) is 44.8 Å². The molecule has 2 aliphatic heterocycles. The molecule has 0 aromatic heterocycles. The average Bonchev–Trinajstić information content (AvgIpc) is 3.08. The Bertz CT molecular complexity index is 319. The second kappa shape index (κ2) is 5.80. The third-order valence-corrected chi connectivity index (χ3v) is 3.42. The van der Waals surface area contributed by atoms with Crippen LogP contribution in [0.5, 0.6) is 0 Å². The smallest absolute Gasteiger partial charge is 0.325 e. The average molecular weight is 257 g/mol. The second-order valence-electron chi connectivity index (χ2n) is 4.87. The van der Waals surface area contributed by atoms with E-state index in [-0.39, 0.29) is 18.6 Å². The van der Waals surface area contributed by atoms with Gasteiger partial charge >= 0.3 is 5.97 Å². The number of halogens is 1. The highest BCUT2D eigenvalue weighted by molar-refractivity contribution is 5.76. The molecule has 2 fully saturated rings. The lowest BCUT2D eigenvalue weighted by atomic mass is 10.1. The van der Waals surface area contributed by atoms with E-state index in [0.717, 1.165) is 6.54 Å². The lowest BCUT2D eigenvalue weighted by molar-refractivity contribution is -0.164. The van der Waals surface area contributed by atoms with Gasteiger partial charge in [0, 0.05) is 13.0 Å². The zero-order valence-electron chi connectivity index (χ0n) is 10.7. The molecule has 0 amide bonds. The Balaban J connectivity index is 1.92. The minimum absolute atomic E-state index is 0.00302. The van der Waals surface area contributed by atoms with E-state index >= 15 is 0 Å². The molecule has 2 heterocycles. The molecule has 2 rings (SSSR count). The van der Waals surface area contributed by atoms with Crippen molar-refractivity contribution in [2.75, 3.05) is 13.2 Å². The predicted octanol–water partition coefficient (Wildman–Crippen LogP) is 1.86. The van der Waals surface area contributed by atoms with Gasteiger partial charge in [-0.3, -0.25) is 9.69 Å². The van der Waals surface area contributed by atoms with Crippen LogP contribution in [0.4, 0.5) is 4.39 Å². The van der Waals surface area contributed by atoms with Crippen molar-refractivity contribution in [3.05, 3.63) is 12.7 Å². The van der Waals surface area contributed by atoms with Crippen molar-refractivity contribution < 1.29 is 18.7 Å². The lowest BCUT2D eigenvalue weighted by Gasteiger charge is -2.21. The monoisotopic (exact) mass is 257 g/mol. The van der Waals surface area contributed by atoms with Gasteiger partial charge in [0.1, 0.15) is 12.3 Å². The summed E-state index contributed by atoms with van der Waals surface area (Å²) in [5.74, 6) is -0.230. The number of rotatable bonds is 6. The van der Waals surface area contributed by atoms with Gasteiger partial charge in [-0.2, -0.15) is 0 Å². The summed E-state index contributed by atoms with van der Waals surface area (Å²) in [4.78, 5) is 13.9. The summed E-state index contributed by atoms with van der Waals surface area (Å²) in [6, 6.07) is -0.393. The highest BCUT2D eigenvalue weighted by atomic mass is 19.1. The van der Waals surface area contributed by atoms with Crippen LogP contribution in [0.15, 0.2) is 12.7 Å². The van der Waals surface area contributed by atoms with Crippen LogP contribution in [-0.4, -0.2) is 42.6 Å². The van der Waals surface area contributed by atoms with Crippen molar-refractivity contribution in [2.24, 2.45) is 5.92 Å². The number of hydrogen-bond donors (Lipinski definition) is 0. The predicted molar refractivity (Wildman–Crippen MR) is 64.4 cm³/mol. The highest BCUT2D eigenvalue weighted by Crippen LogP contribution is 2.31. The van der Waals surface area contributed by atoms with Gasteiger partial charge in [0.15, 0.2) is 0 Å². The first-order valence-electron chi connectivity index (χ1n) is 6.50. The number of alkyl halides is 1. The molecule has 5 heteroatoms. The Morgan fingerprint density at radius 2 is 2.44 bits per heavy atom. The van der Waals surface area contributed by atoms with Gasteiger partial charge in [-0.1, -0.05) is 13.0 Å². The molecule has 0 aliphatic carbocycles. The van der Waals surface area contributed by atoms with Crippen molar-refractivity contribution in [1.29, 1.82) is 0 Å². The van der Waals surface area contributed by atoms with E-state index in [1.165, 1.54) is 0 Å². The first-order chi connectivity index (χ1) is 8.65. The summed E-state index contributed by atoms with van der Waals surface area (Å²) in [7, 11) is 0. The molecule has 0 saturated carbocycles. The number of carbonyl (C=O) groups is 1. The van der Waals surface area contributed by atoms with Gasteiger partial charge in [0.25, 0.3) is 0 Å². The topological polar surface area (TPSA) is 42.1 Å². The van der Waals surface area contributed by atoms with E-state index in [0.29, 0.717) is 19.4 Å². The number of hydrogen-bond acceptors (Lipinski definition) is 4. The third-order valence-electron chi connectivity index (χ3n) is 3.42. The highest BCUT2D eigenvalue weighted by Gasteiger charge is 2.45. The fourth-order valence-corrected chi connectivity index (χ4v) is 2.34. The first-order valence-corrected chi connectivity index (χ1v) is 6.50. The Labute approximate surface area is 107 Å². The molecule has 2 saturated heterocycles. The largest absolute Gasteiger partial charge is 0.430 e. The zero-order chi connectivity index (χ0) is 13.1. The fraction of sp³-hybridized carbons (Fsp3) is 0.769. The molecule has 4 atom stereocenters. The Kier molecular flexibility index (Phi) is 4.35. The molecule has 4 nitrogen and oxygen atoms in total. The van der Waals surface area contributed by atoms with E-state index in [1.54, 1.807) is 0 Å². The summed E-state index contributed by atoms with van der Waals surface area (Å²) < 4.78 is 23.4. The van der Waals surface area contributed by atoms with Crippen molar-refractivity contribution >= 4 is 5.97 Å². The molecule has 2 aliphatic rings. The van der Waals surface area contributed by atoms with E-state index in [9.17, 15) is 9.18 Å². The van der Waals surface area contributed by atoms with E-state index < -0.39 is 18.4 Å². The van der Waals surface area contributed by atoms with Gasteiger partial charge in [-0.15, -0.1) is 6.58 Å². The maximum atomic E-state index is 13.3. The third kappa shape index (κ3) is 3.09. The Morgan fingerprint density at radius 1 is 1.72 bits per heavy atom. The fourth-order valence-electron chi connectivity index (χ4n) is 2.34. The molecule has 0 N–H and O–H groups in total. The minimum atomic E-state index is -1.49. The molecular weight excluding hydrogens is 237 g/mol. The van der Waals surface area contributed by atoms with Crippen LogP contribution >= 0.6 is 0 Å². The van der Waals surface area contributed by atoms with Gasteiger partial charge in [0.2, 0.25) is 6.36 Å². The molecule has 0 aromatic carbocycles. The zero-order valence-corrected chi connectivity index (χ0v) is 10.7. The number of ether oxygens (including phenoxy) is 2. The van der Waals surface area contributed by atoms with Gasteiger partial charge in [0.05, 0.1) is 6.61 Å². The molecule has 102 valence electrons.